The minimum atomic E-state index is -1.02. The van der Waals surface area contributed by atoms with Gasteiger partial charge in [0.2, 0.25) is 0 Å². The maximum absolute atomic E-state index is 13.1. The largest absolute Gasteiger partial charge is 0.481 e. The van der Waals surface area contributed by atoms with Gasteiger partial charge >= 0.3 is 5.97 Å². The van der Waals surface area contributed by atoms with Gasteiger partial charge in [0.1, 0.15) is 5.82 Å². The molecule has 1 N–H and O–H groups in total. The van der Waals surface area contributed by atoms with Crippen molar-refractivity contribution in [2.24, 2.45) is 7.05 Å². The van der Waals surface area contributed by atoms with Crippen LogP contribution in [0.3, 0.4) is 0 Å². The molecule has 0 radical (unpaired) electrons. The van der Waals surface area contributed by atoms with E-state index in [1.165, 1.54) is 35.9 Å². The summed E-state index contributed by atoms with van der Waals surface area (Å²) in [6.45, 7) is 0. The van der Waals surface area contributed by atoms with Crippen LogP contribution in [0.25, 0.3) is 10.9 Å². The molecule has 1 aromatic heterocycles. The second-order valence-corrected chi connectivity index (χ2v) is 3.80. The first-order chi connectivity index (χ1) is 7.99. The summed E-state index contributed by atoms with van der Waals surface area (Å²) in [6, 6.07) is 5.23. The summed E-state index contributed by atoms with van der Waals surface area (Å²) in [7, 11) is 1.52. The number of carboxylic acid groups (broad SMARTS) is 1. The zero-order chi connectivity index (χ0) is 12.6. The van der Waals surface area contributed by atoms with Crippen molar-refractivity contribution < 1.29 is 14.3 Å². The Morgan fingerprint density at radius 3 is 2.76 bits per heavy atom. The molecule has 0 atom stereocenters. The van der Waals surface area contributed by atoms with E-state index in [0.29, 0.717) is 16.5 Å². The van der Waals surface area contributed by atoms with Gasteiger partial charge in [-0.2, -0.15) is 0 Å². The van der Waals surface area contributed by atoms with Crippen molar-refractivity contribution in [1.82, 2.24) is 4.57 Å². The van der Waals surface area contributed by atoms with Gasteiger partial charge in [-0.05, 0) is 23.8 Å². The Morgan fingerprint density at radius 1 is 1.41 bits per heavy atom. The Balaban J connectivity index is 2.82. The van der Waals surface area contributed by atoms with Crippen LogP contribution in [0.5, 0.6) is 0 Å². The fourth-order valence-corrected chi connectivity index (χ4v) is 1.81. The average Bonchev–Trinajstić information content (AvgIpc) is 2.24. The first kappa shape index (κ1) is 11.3. The molecule has 2 aromatic rings. The van der Waals surface area contributed by atoms with Gasteiger partial charge in [0, 0.05) is 18.5 Å². The van der Waals surface area contributed by atoms with E-state index in [9.17, 15) is 14.0 Å². The highest BCUT2D eigenvalue weighted by molar-refractivity contribution is 5.86. The van der Waals surface area contributed by atoms with Gasteiger partial charge in [0.15, 0.2) is 0 Å². The molecule has 2 rings (SSSR count). The Morgan fingerprint density at radius 2 is 2.12 bits per heavy atom. The molecule has 17 heavy (non-hydrogen) atoms. The number of benzene rings is 1. The number of aryl methyl sites for hydroxylation is 1. The highest BCUT2D eigenvalue weighted by atomic mass is 19.1. The summed E-state index contributed by atoms with van der Waals surface area (Å²) in [6.07, 6.45) is -0.252. The molecule has 0 spiro atoms. The minimum absolute atomic E-state index is 0.252. The molecule has 1 heterocycles. The standard InChI is InChI=1S/C12H10FNO3/c1-14-10-6-8(13)2-3-9(10)7(4-11(14)15)5-12(16)17/h2-4,6H,5H2,1H3,(H,16,17). The number of hydrogen-bond donors (Lipinski definition) is 1. The molecular weight excluding hydrogens is 225 g/mol. The Labute approximate surface area is 95.9 Å². The van der Waals surface area contributed by atoms with E-state index < -0.39 is 11.8 Å². The topological polar surface area (TPSA) is 59.3 Å². The van der Waals surface area contributed by atoms with Crippen LogP contribution < -0.4 is 5.56 Å². The number of carbonyl (C=O) groups is 1. The van der Waals surface area contributed by atoms with Crippen LogP contribution in [0.1, 0.15) is 5.56 Å². The number of aliphatic carboxylic acids is 1. The molecule has 0 saturated carbocycles. The number of carboxylic acids is 1. The maximum atomic E-state index is 13.1. The molecule has 4 nitrogen and oxygen atoms in total. The van der Waals surface area contributed by atoms with E-state index in [0.717, 1.165) is 0 Å². The summed E-state index contributed by atoms with van der Waals surface area (Å²) >= 11 is 0. The molecule has 0 bridgehead atoms. The highest BCUT2D eigenvalue weighted by Gasteiger charge is 2.10. The van der Waals surface area contributed by atoms with Crippen LogP contribution in [0, 0.1) is 5.82 Å². The van der Waals surface area contributed by atoms with E-state index in [-0.39, 0.29) is 12.0 Å². The molecule has 5 heteroatoms. The Bertz CT molecular complexity index is 661. The van der Waals surface area contributed by atoms with Gasteiger partial charge < -0.3 is 9.67 Å². The number of hydrogen-bond acceptors (Lipinski definition) is 2. The van der Waals surface area contributed by atoms with Gasteiger partial charge in [-0.1, -0.05) is 0 Å². The Hall–Kier alpha value is -2.17. The zero-order valence-corrected chi connectivity index (χ0v) is 9.11. The average molecular weight is 235 g/mol. The van der Waals surface area contributed by atoms with E-state index >= 15 is 0 Å². The number of fused-ring (bicyclic) bond motifs is 1. The van der Waals surface area contributed by atoms with Crippen molar-refractivity contribution >= 4 is 16.9 Å². The van der Waals surface area contributed by atoms with Crippen LogP contribution in [0.15, 0.2) is 29.1 Å². The fraction of sp³-hybridized carbons (Fsp3) is 0.167. The van der Waals surface area contributed by atoms with Crippen molar-refractivity contribution in [2.45, 2.75) is 6.42 Å². The molecule has 0 aliphatic heterocycles. The van der Waals surface area contributed by atoms with Crippen molar-refractivity contribution in [2.75, 3.05) is 0 Å². The van der Waals surface area contributed by atoms with Crippen molar-refractivity contribution in [3.63, 3.8) is 0 Å². The first-order valence-electron chi connectivity index (χ1n) is 4.99. The zero-order valence-electron chi connectivity index (χ0n) is 9.11. The molecule has 0 fully saturated rings. The second kappa shape index (κ2) is 4.01. The van der Waals surface area contributed by atoms with Crippen molar-refractivity contribution in [3.05, 3.63) is 46.0 Å². The highest BCUT2D eigenvalue weighted by Crippen LogP contribution is 2.18. The second-order valence-electron chi connectivity index (χ2n) is 3.80. The lowest BCUT2D eigenvalue weighted by atomic mass is 10.1. The third kappa shape index (κ3) is 2.04. The molecule has 0 saturated heterocycles. The van der Waals surface area contributed by atoms with E-state index in [1.807, 2.05) is 0 Å². The molecule has 88 valence electrons. The van der Waals surface area contributed by atoms with Gasteiger partial charge in [-0.15, -0.1) is 0 Å². The first-order valence-corrected chi connectivity index (χ1v) is 4.99. The van der Waals surface area contributed by atoms with Gasteiger partial charge in [0.25, 0.3) is 5.56 Å². The minimum Gasteiger partial charge on any atom is -0.481 e. The van der Waals surface area contributed by atoms with Gasteiger partial charge in [-0.25, -0.2) is 4.39 Å². The third-order valence-corrected chi connectivity index (χ3v) is 2.64. The van der Waals surface area contributed by atoms with Crippen molar-refractivity contribution in [1.29, 1.82) is 0 Å². The molecule has 1 aromatic carbocycles. The summed E-state index contributed by atoms with van der Waals surface area (Å²) in [5.41, 5.74) is 0.448. The number of pyridine rings is 1. The molecule has 0 unspecified atom stereocenters. The van der Waals surface area contributed by atoms with Crippen LogP contribution in [0.2, 0.25) is 0 Å². The molecule has 0 amide bonds. The van der Waals surface area contributed by atoms with Crippen LogP contribution in [-0.4, -0.2) is 15.6 Å². The predicted molar refractivity (Wildman–Crippen MR) is 60.5 cm³/mol. The Kier molecular flexibility index (Phi) is 2.67. The number of halogens is 1. The number of rotatable bonds is 2. The molecule has 0 aliphatic rings. The SMILES string of the molecule is Cn1c(=O)cc(CC(=O)O)c2ccc(F)cc21. The lowest BCUT2D eigenvalue weighted by Gasteiger charge is -2.08. The van der Waals surface area contributed by atoms with Crippen molar-refractivity contribution in [3.8, 4) is 0 Å². The van der Waals surface area contributed by atoms with E-state index in [4.69, 9.17) is 5.11 Å². The lowest BCUT2D eigenvalue weighted by Crippen LogP contribution is -2.18. The monoisotopic (exact) mass is 235 g/mol. The van der Waals surface area contributed by atoms with Crippen LogP contribution in [0.4, 0.5) is 4.39 Å². The molecule has 0 aliphatic carbocycles. The normalized spacial score (nSPS) is 10.7. The smallest absolute Gasteiger partial charge is 0.307 e. The summed E-state index contributed by atoms with van der Waals surface area (Å²) in [4.78, 5) is 22.3. The number of nitrogens with zero attached hydrogens (tertiary/aromatic N) is 1. The van der Waals surface area contributed by atoms with Crippen LogP contribution >= 0.6 is 0 Å². The lowest BCUT2D eigenvalue weighted by molar-refractivity contribution is -0.136. The summed E-state index contributed by atoms with van der Waals surface area (Å²) in [5.74, 6) is -1.48. The van der Waals surface area contributed by atoms with E-state index in [2.05, 4.69) is 0 Å². The third-order valence-electron chi connectivity index (χ3n) is 2.64. The number of aromatic nitrogens is 1. The van der Waals surface area contributed by atoms with E-state index in [1.54, 1.807) is 0 Å². The predicted octanol–water partition coefficient (Wildman–Crippen LogP) is 1.30. The van der Waals surface area contributed by atoms with Gasteiger partial charge in [-0.3, -0.25) is 9.59 Å². The fourth-order valence-electron chi connectivity index (χ4n) is 1.81. The molecular formula is C12H10FNO3. The van der Waals surface area contributed by atoms with Gasteiger partial charge in [0.05, 0.1) is 11.9 Å². The quantitative estimate of drug-likeness (QED) is 0.853. The summed E-state index contributed by atoms with van der Waals surface area (Å²) < 4.78 is 14.4. The summed E-state index contributed by atoms with van der Waals surface area (Å²) in [5, 5.41) is 9.34. The maximum Gasteiger partial charge on any atom is 0.307 e. The van der Waals surface area contributed by atoms with Crippen LogP contribution in [-0.2, 0) is 18.3 Å².